The molecule has 1 aliphatic rings. The number of rotatable bonds is 3. The molecule has 5 nitrogen and oxygen atoms in total. The number of imidazole rings is 1. The zero-order valence-electron chi connectivity index (χ0n) is 13.3. The topological polar surface area (TPSA) is 59.0 Å². The molecule has 0 spiro atoms. The number of hydrogen-bond acceptors (Lipinski definition) is 2. The first-order chi connectivity index (χ1) is 11.1. The van der Waals surface area contributed by atoms with Crippen LogP contribution in [0.25, 0.3) is 0 Å². The molecule has 1 heterocycles. The summed E-state index contributed by atoms with van der Waals surface area (Å²) in [5.74, 6) is 0.862. The number of carbonyl (C=O) groups is 1. The first-order valence-electron chi connectivity index (χ1n) is 7.84. The Morgan fingerprint density at radius 2 is 2.30 bits per heavy atom. The maximum atomic E-state index is 13.9. The van der Waals surface area contributed by atoms with Crippen LogP contribution in [0.15, 0.2) is 30.6 Å². The maximum absolute atomic E-state index is 13.9. The van der Waals surface area contributed by atoms with Gasteiger partial charge in [0.1, 0.15) is 11.6 Å². The van der Waals surface area contributed by atoms with Crippen LogP contribution in [0.3, 0.4) is 0 Å². The van der Waals surface area contributed by atoms with Gasteiger partial charge in [-0.2, -0.15) is 0 Å². The van der Waals surface area contributed by atoms with Crippen molar-refractivity contribution in [2.75, 3.05) is 0 Å². The summed E-state index contributed by atoms with van der Waals surface area (Å²) in [7, 11) is 1.88. The van der Waals surface area contributed by atoms with Crippen molar-refractivity contribution in [3.8, 4) is 0 Å². The number of carbonyl (C=O) groups excluding carboxylic acids is 1. The van der Waals surface area contributed by atoms with Crippen LogP contribution in [-0.4, -0.2) is 15.6 Å². The average Bonchev–Trinajstić information content (AvgIpc) is 2.93. The quantitative estimate of drug-likeness (QED) is 0.914. The standard InChI is InChI=1S/C17H21FN4O/c1-11-6-7-12-13(4-3-5-14(12)18)16(11)21-17(23)20-10-15-19-8-9-22(15)2/h3-5,8-9,11,16H,6-7,10H2,1-2H3,(H2,20,21,23)/t11-,16-/m0/s1. The van der Waals surface area contributed by atoms with Gasteiger partial charge in [-0.25, -0.2) is 14.2 Å². The summed E-state index contributed by atoms with van der Waals surface area (Å²) in [6.07, 6.45) is 5.10. The summed E-state index contributed by atoms with van der Waals surface area (Å²) in [5.41, 5.74) is 1.61. The van der Waals surface area contributed by atoms with Gasteiger partial charge >= 0.3 is 6.03 Å². The summed E-state index contributed by atoms with van der Waals surface area (Å²) < 4.78 is 15.8. The van der Waals surface area contributed by atoms with Gasteiger partial charge < -0.3 is 15.2 Å². The number of nitrogens with zero attached hydrogens (tertiary/aromatic N) is 2. The van der Waals surface area contributed by atoms with Crippen LogP contribution in [0, 0.1) is 11.7 Å². The molecule has 122 valence electrons. The molecule has 3 rings (SSSR count). The van der Waals surface area contributed by atoms with Crippen LogP contribution in [0.1, 0.15) is 36.3 Å². The van der Waals surface area contributed by atoms with Crippen molar-refractivity contribution in [2.45, 2.75) is 32.4 Å². The Morgan fingerprint density at radius 3 is 3.04 bits per heavy atom. The molecule has 0 aliphatic heterocycles. The molecule has 2 N–H and O–H groups in total. The zero-order chi connectivity index (χ0) is 16.4. The van der Waals surface area contributed by atoms with E-state index in [9.17, 15) is 9.18 Å². The van der Waals surface area contributed by atoms with Crippen molar-refractivity contribution < 1.29 is 9.18 Å². The number of aromatic nitrogens is 2. The molecule has 2 atom stereocenters. The Hall–Kier alpha value is -2.37. The smallest absolute Gasteiger partial charge is 0.315 e. The zero-order valence-corrected chi connectivity index (χ0v) is 13.3. The van der Waals surface area contributed by atoms with E-state index in [1.165, 1.54) is 6.07 Å². The molecule has 2 aromatic rings. The molecule has 1 aromatic heterocycles. The van der Waals surface area contributed by atoms with Crippen LogP contribution in [-0.2, 0) is 20.0 Å². The molecule has 1 aliphatic carbocycles. The highest BCUT2D eigenvalue weighted by Crippen LogP contribution is 2.35. The number of amides is 2. The van der Waals surface area contributed by atoms with Gasteiger partial charge in [0.15, 0.2) is 0 Å². The third-order valence-electron chi connectivity index (χ3n) is 4.52. The summed E-state index contributed by atoms with van der Waals surface area (Å²) in [4.78, 5) is 16.4. The van der Waals surface area contributed by atoms with E-state index in [1.807, 2.05) is 23.9 Å². The highest BCUT2D eigenvalue weighted by molar-refractivity contribution is 5.74. The Labute approximate surface area is 134 Å². The van der Waals surface area contributed by atoms with Crippen LogP contribution in [0.4, 0.5) is 9.18 Å². The molecular weight excluding hydrogens is 295 g/mol. The summed E-state index contributed by atoms with van der Waals surface area (Å²) >= 11 is 0. The molecule has 0 saturated carbocycles. The largest absolute Gasteiger partial charge is 0.337 e. The van der Waals surface area contributed by atoms with Gasteiger partial charge in [-0.05, 0) is 36.0 Å². The van der Waals surface area contributed by atoms with Gasteiger partial charge in [-0.15, -0.1) is 0 Å². The molecule has 0 fully saturated rings. The van der Waals surface area contributed by atoms with Gasteiger partial charge in [-0.1, -0.05) is 19.1 Å². The van der Waals surface area contributed by atoms with Gasteiger partial charge in [0.05, 0.1) is 12.6 Å². The lowest BCUT2D eigenvalue weighted by Crippen LogP contribution is -2.41. The number of fused-ring (bicyclic) bond motifs is 1. The molecule has 0 radical (unpaired) electrons. The minimum atomic E-state index is -0.262. The lowest BCUT2D eigenvalue weighted by atomic mass is 9.80. The van der Waals surface area contributed by atoms with Crippen LogP contribution < -0.4 is 10.6 Å². The first-order valence-corrected chi connectivity index (χ1v) is 7.84. The lowest BCUT2D eigenvalue weighted by molar-refractivity contribution is 0.228. The van der Waals surface area contributed by atoms with Gasteiger partial charge in [-0.3, -0.25) is 0 Å². The van der Waals surface area contributed by atoms with E-state index in [0.717, 1.165) is 29.8 Å². The van der Waals surface area contributed by atoms with E-state index < -0.39 is 0 Å². The van der Waals surface area contributed by atoms with E-state index >= 15 is 0 Å². The molecule has 2 amide bonds. The highest BCUT2D eigenvalue weighted by atomic mass is 19.1. The molecular formula is C17H21FN4O. The van der Waals surface area contributed by atoms with Crippen molar-refractivity contribution in [2.24, 2.45) is 13.0 Å². The average molecular weight is 316 g/mol. The lowest BCUT2D eigenvalue weighted by Gasteiger charge is -2.32. The van der Waals surface area contributed by atoms with E-state index in [2.05, 4.69) is 22.5 Å². The van der Waals surface area contributed by atoms with Crippen LogP contribution in [0.5, 0.6) is 0 Å². The Bertz CT molecular complexity index is 712. The number of aryl methyl sites for hydroxylation is 1. The second-order valence-corrected chi connectivity index (χ2v) is 6.08. The third-order valence-corrected chi connectivity index (χ3v) is 4.52. The van der Waals surface area contributed by atoms with E-state index in [4.69, 9.17) is 0 Å². The molecule has 6 heteroatoms. The second-order valence-electron chi connectivity index (χ2n) is 6.08. The predicted octanol–water partition coefficient (Wildman–Crippen LogP) is 2.68. The number of benzene rings is 1. The van der Waals surface area contributed by atoms with E-state index in [0.29, 0.717) is 6.54 Å². The maximum Gasteiger partial charge on any atom is 0.315 e. The number of nitrogens with one attached hydrogen (secondary N) is 2. The molecule has 0 saturated heterocycles. The fourth-order valence-electron chi connectivity index (χ4n) is 3.11. The molecule has 0 unspecified atom stereocenters. The predicted molar refractivity (Wildman–Crippen MR) is 85.2 cm³/mol. The Morgan fingerprint density at radius 1 is 1.48 bits per heavy atom. The number of urea groups is 1. The molecule has 23 heavy (non-hydrogen) atoms. The van der Waals surface area contributed by atoms with Gasteiger partial charge in [0.2, 0.25) is 0 Å². The fraction of sp³-hybridized carbons (Fsp3) is 0.412. The second kappa shape index (κ2) is 6.40. The number of halogens is 1. The van der Waals surface area contributed by atoms with E-state index in [1.54, 1.807) is 12.3 Å². The minimum absolute atomic E-state index is 0.171. The SMILES string of the molecule is C[C@H]1CCc2c(F)cccc2[C@H]1NC(=O)NCc1nccn1C. The normalized spacial score (nSPS) is 20.0. The third kappa shape index (κ3) is 3.21. The van der Waals surface area contributed by atoms with Gasteiger partial charge in [0.25, 0.3) is 0 Å². The fourth-order valence-corrected chi connectivity index (χ4v) is 3.11. The summed E-state index contributed by atoms with van der Waals surface area (Å²) in [6.45, 7) is 2.43. The minimum Gasteiger partial charge on any atom is -0.337 e. The monoisotopic (exact) mass is 316 g/mol. The van der Waals surface area contributed by atoms with Crippen LogP contribution in [0.2, 0.25) is 0 Å². The van der Waals surface area contributed by atoms with Crippen molar-refractivity contribution in [3.63, 3.8) is 0 Å². The first kappa shape index (κ1) is 15.5. The summed E-state index contributed by atoms with van der Waals surface area (Å²) in [6, 6.07) is 4.65. The Kier molecular flexibility index (Phi) is 4.32. The van der Waals surface area contributed by atoms with Gasteiger partial charge in [0, 0.05) is 19.4 Å². The van der Waals surface area contributed by atoms with Crippen molar-refractivity contribution >= 4 is 6.03 Å². The highest BCUT2D eigenvalue weighted by Gasteiger charge is 2.29. The van der Waals surface area contributed by atoms with Crippen molar-refractivity contribution in [3.05, 3.63) is 53.4 Å². The van der Waals surface area contributed by atoms with E-state index in [-0.39, 0.29) is 23.8 Å². The van der Waals surface area contributed by atoms with Crippen LogP contribution >= 0.6 is 0 Å². The van der Waals surface area contributed by atoms with Crippen molar-refractivity contribution in [1.82, 2.24) is 20.2 Å². The molecule has 1 aromatic carbocycles. The molecule has 0 bridgehead atoms. The Balaban J connectivity index is 1.68. The number of hydrogen-bond donors (Lipinski definition) is 2. The summed E-state index contributed by atoms with van der Waals surface area (Å²) in [5, 5.41) is 5.79. The van der Waals surface area contributed by atoms with Crippen molar-refractivity contribution in [1.29, 1.82) is 0 Å².